The fourth-order valence-corrected chi connectivity index (χ4v) is 3.54. The highest BCUT2D eigenvalue weighted by atomic mass is 19.1. The Morgan fingerprint density at radius 3 is 2.53 bits per heavy atom. The van der Waals surface area contributed by atoms with Gasteiger partial charge in [0, 0.05) is 18.7 Å². The third-order valence-corrected chi connectivity index (χ3v) is 5.07. The van der Waals surface area contributed by atoms with E-state index in [0.717, 1.165) is 24.2 Å². The number of rotatable bonds is 4. The van der Waals surface area contributed by atoms with Crippen LogP contribution in [0.25, 0.3) is 0 Å². The molecule has 5 nitrogen and oxygen atoms in total. The number of nitriles is 1. The maximum atomic E-state index is 14.2. The summed E-state index contributed by atoms with van der Waals surface area (Å²) in [6, 6.07) is 14.1. The van der Waals surface area contributed by atoms with Crippen LogP contribution in [0.4, 0.5) is 9.18 Å². The highest BCUT2D eigenvalue weighted by Gasteiger charge is 2.28. The molecule has 0 bridgehead atoms. The molecule has 2 aromatic carbocycles. The van der Waals surface area contributed by atoms with Gasteiger partial charge in [0.25, 0.3) is 0 Å². The summed E-state index contributed by atoms with van der Waals surface area (Å²) < 4.78 is 25.6. The van der Waals surface area contributed by atoms with E-state index in [1.165, 1.54) is 6.07 Å². The van der Waals surface area contributed by atoms with Crippen molar-refractivity contribution in [2.75, 3.05) is 13.1 Å². The van der Waals surface area contributed by atoms with Crippen molar-refractivity contribution in [3.8, 4) is 11.8 Å². The number of carbonyl (C=O) groups excluding carboxylic acids is 1. The molecule has 0 aliphatic carbocycles. The molecule has 1 amide bonds. The van der Waals surface area contributed by atoms with Gasteiger partial charge in [-0.25, -0.2) is 9.18 Å². The minimum atomic E-state index is -0.505. The molecule has 3 rings (SSSR count). The van der Waals surface area contributed by atoms with E-state index in [1.54, 1.807) is 17.0 Å². The average molecular weight is 410 g/mol. The molecule has 1 saturated heterocycles. The molecule has 30 heavy (non-hydrogen) atoms. The van der Waals surface area contributed by atoms with Gasteiger partial charge in [-0.1, -0.05) is 24.3 Å². The first-order chi connectivity index (χ1) is 14.3. The van der Waals surface area contributed by atoms with Gasteiger partial charge in [-0.15, -0.1) is 0 Å². The Labute approximate surface area is 177 Å². The fourth-order valence-electron chi connectivity index (χ4n) is 3.54. The number of nitrogens with zero attached hydrogens (tertiary/aromatic N) is 2. The van der Waals surface area contributed by atoms with Crippen LogP contribution >= 0.6 is 0 Å². The lowest BCUT2D eigenvalue weighted by Gasteiger charge is -2.34. The second-order valence-electron chi connectivity index (χ2n) is 8.49. The van der Waals surface area contributed by atoms with Crippen molar-refractivity contribution in [1.82, 2.24) is 4.90 Å². The second-order valence-corrected chi connectivity index (χ2v) is 8.49. The molecule has 0 unspecified atom stereocenters. The van der Waals surface area contributed by atoms with Crippen LogP contribution in [0.15, 0.2) is 42.5 Å². The van der Waals surface area contributed by atoms with Gasteiger partial charge in [-0.3, -0.25) is 0 Å². The Morgan fingerprint density at radius 2 is 1.90 bits per heavy atom. The molecule has 158 valence electrons. The normalized spacial score (nSPS) is 14.8. The highest BCUT2D eigenvalue weighted by Crippen LogP contribution is 2.35. The van der Waals surface area contributed by atoms with Gasteiger partial charge < -0.3 is 14.4 Å². The van der Waals surface area contributed by atoms with Crippen LogP contribution in [0.5, 0.6) is 5.75 Å². The van der Waals surface area contributed by atoms with E-state index >= 15 is 0 Å². The van der Waals surface area contributed by atoms with Crippen molar-refractivity contribution < 1.29 is 18.7 Å². The van der Waals surface area contributed by atoms with E-state index in [-0.39, 0.29) is 24.2 Å². The molecule has 1 heterocycles. The maximum absolute atomic E-state index is 14.2. The Kier molecular flexibility index (Phi) is 6.61. The van der Waals surface area contributed by atoms with E-state index in [1.807, 2.05) is 51.1 Å². The van der Waals surface area contributed by atoms with E-state index in [4.69, 9.17) is 14.7 Å². The van der Waals surface area contributed by atoms with Crippen LogP contribution in [-0.4, -0.2) is 29.7 Å². The van der Waals surface area contributed by atoms with Gasteiger partial charge in [-0.05, 0) is 63.3 Å². The van der Waals surface area contributed by atoms with Gasteiger partial charge in [0.05, 0.1) is 11.6 Å². The summed E-state index contributed by atoms with van der Waals surface area (Å²) in [5.74, 6) is 0.528. The van der Waals surface area contributed by atoms with Crippen LogP contribution in [0.2, 0.25) is 0 Å². The zero-order chi connectivity index (χ0) is 21.7. The lowest BCUT2D eigenvalue weighted by molar-refractivity contribution is 0.0204. The van der Waals surface area contributed by atoms with E-state index in [9.17, 15) is 9.18 Å². The van der Waals surface area contributed by atoms with Crippen molar-refractivity contribution in [2.45, 2.75) is 51.7 Å². The standard InChI is InChI=1S/C24H27FN2O3/c1-24(2,3)30-23(28)27-12-10-18(11-13-27)20-6-4-5-7-22(20)29-16-19-9-8-17(15-26)14-21(19)25/h4-9,14,18H,10-13,16H2,1-3H3. The molecular formula is C24H27FN2O3. The monoisotopic (exact) mass is 410 g/mol. The number of likely N-dealkylation sites (tertiary alicyclic amines) is 1. The minimum Gasteiger partial charge on any atom is -0.489 e. The summed E-state index contributed by atoms with van der Waals surface area (Å²) in [6.45, 7) is 6.92. The molecule has 0 spiro atoms. The Balaban J connectivity index is 1.64. The van der Waals surface area contributed by atoms with Gasteiger partial charge in [0.1, 0.15) is 23.8 Å². The van der Waals surface area contributed by atoms with Crippen LogP contribution in [-0.2, 0) is 11.3 Å². The first-order valence-corrected chi connectivity index (χ1v) is 10.1. The Bertz CT molecular complexity index is 938. The quantitative estimate of drug-likeness (QED) is 0.678. The van der Waals surface area contributed by atoms with Crippen LogP contribution in [0, 0.1) is 17.1 Å². The number of carbonyl (C=O) groups is 1. The first-order valence-electron chi connectivity index (χ1n) is 10.1. The number of para-hydroxylation sites is 1. The highest BCUT2D eigenvalue weighted by molar-refractivity contribution is 5.68. The first kappa shape index (κ1) is 21.6. The predicted octanol–water partition coefficient (Wildman–Crippen LogP) is 5.39. The summed E-state index contributed by atoms with van der Waals surface area (Å²) in [5.41, 5.74) is 1.25. The lowest BCUT2D eigenvalue weighted by Crippen LogP contribution is -2.41. The number of halogens is 1. The number of piperidine rings is 1. The van der Waals surface area contributed by atoms with Gasteiger partial charge in [0.2, 0.25) is 0 Å². The molecule has 6 heteroatoms. The largest absolute Gasteiger partial charge is 0.489 e. The maximum Gasteiger partial charge on any atom is 0.410 e. The van der Waals surface area contributed by atoms with Crippen molar-refractivity contribution in [3.63, 3.8) is 0 Å². The Hall–Kier alpha value is -3.07. The summed E-state index contributed by atoms with van der Waals surface area (Å²) in [4.78, 5) is 14.0. The zero-order valence-electron chi connectivity index (χ0n) is 17.7. The SMILES string of the molecule is CC(C)(C)OC(=O)N1CCC(c2ccccc2OCc2ccc(C#N)cc2F)CC1. The van der Waals surface area contributed by atoms with Crippen molar-refractivity contribution >= 4 is 6.09 Å². The van der Waals surface area contributed by atoms with Gasteiger partial charge >= 0.3 is 6.09 Å². The molecule has 1 fully saturated rings. The summed E-state index contributed by atoms with van der Waals surface area (Å²) in [6.07, 6.45) is 1.34. The number of amides is 1. The molecule has 0 N–H and O–H groups in total. The summed E-state index contributed by atoms with van der Waals surface area (Å²) in [7, 11) is 0. The predicted molar refractivity (Wildman–Crippen MR) is 112 cm³/mol. The lowest BCUT2D eigenvalue weighted by atomic mass is 9.89. The number of ether oxygens (including phenoxy) is 2. The number of benzene rings is 2. The molecule has 1 aliphatic heterocycles. The topological polar surface area (TPSA) is 62.6 Å². The molecule has 0 radical (unpaired) electrons. The Morgan fingerprint density at radius 1 is 1.20 bits per heavy atom. The number of hydrogen-bond donors (Lipinski definition) is 0. The molecule has 0 atom stereocenters. The van der Waals surface area contributed by atoms with Crippen LogP contribution in [0.3, 0.4) is 0 Å². The van der Waals surface area contributed by atoms with E-state index < -0.39 is 11.4 Å². The molecule has 2 aromatic rings. The molecular weight excluding hydrogens is 383 g/mol. The van der Waals surface area contributed by atoms with Crippen molar-refractivity contribution in [1.29, 1.82) is 5.26 Å². The average Bonchev–Trinajstić information content (AvgIpc) is 2.72. The van der Waals surface area contributed by atoms with Gasteiger partial charge in [-0.2, -0.15) is 5.26 Å². The molecule has 1 aliphatic rings. The number of hydrogen-bond acceptors (Lipinski definition) is 4. The summed E-state index contributed by atoms with van der Waals surface area (Å²) in [5, 5.41) is 8.87. The minimum absolute atomic E-state index is 0.0886. The fraction of sp³-hybridized carbons (Fsp3) is 0.417. The smallest absolute Gasteiger partial charge is 0.410 e. The summed E-state index contributed by atoms with van der Waals surface area (Å²) >= 11 is 0. The third-order valence-electron chi connectivity index (χ3n) is 5.07. The molecule has 0 aromatic heterocycles. The zero-order valence-corrected chi connectivity index (χ0v) is 17.7. The van der Waals surface area contributed by atoms with Crippen molar-refractivity contribution in [2.24, 2.45) is 0 Å². The van der Waals surface area contributed by atoms with E-state index in [2.05, 4.69) is 0 Å². The van der Waals surface area contributed by atoms with Crippen LogP contribution < -0.4 is 4.74 Å². The van der Waals surface area contributed by atoms with Gasteiger partial charge in [0.15, 0.2) is 0 Å². The van der Waals surface area contributed by atoms with E-state index in [0.29, 0.717) is 18.7 Å². The van der Waals surface area contributed by atoms with Crippen LogP contribution in [0.1, 0.15) is 56.2 Å². The van der Waals surface area contributed by atoms with Crippen molar-refractivity contribution in [3.05, 3.63) is 65.0 Å². The molecule has 0 saturated carbocycles. The second kappa shape index (κ2) is 9.17. The third kappa shape index (κ3) is 5.50.